The highest BCUT2D eigenvalue weighted by Gasteiger charge is 2.55. The summed E-state index contributed by atoms with van der Waals surface area (Å²) in [7, 11) is 6.59. The van der Waals surface area contributed by atoms with Crippen LogP contribution in [0.25, 0.3) is 0 Å². The quantitative estimate of drug-likeness (QED) is 0.0893. The molecule has 3 aliphatic heterocycles. The number of hydrogen-bond donors (Lipinski definition) is 1. The van der Waals surface area contributed by atoms with Crippen LogP contribution in [0.15, 0.2) is 30.3 Å². The van der Waals surface area contributed by atoms with Gasteiger partial charge in [0.2, 0.25) is 5.91 Å². The van der Waals surface area contributed by atoms with Gasteiger partial charge in [-0.05, 0) is 91.4 Å². The third-order valence-electron chi connectivity index (χ3n) is 14.0. The summed E-state index contributed by atoms with van der Waals surface area (Å²) in [5, 5.41) is 12.4. The number of nitrogens with zero attached hydrogens (tertiary/aromatic N) is 3. The summed E-state index contributed by atoms with van der Waals surface area (Å²) >= 11 is 0. The number of esters is 4. The van der Waals surface area contributed by atoms with Gasteiger partial charge < -0.3 is 62.3 Å². The average molecular weight is 1010 g/mol. The van der Waals surface area contributed by atoms with Crippen molar-refractivity contribution >= 4 is 36.1 Å². The van der Waals surface area contributed by atoms with Gasteiger partial charge in [0.1, 0.15) is 48.3 Å². The van der Waals surface area contributed by atoms with E-state index >= 15 is 0 Å². The topological polar surface area (TPSA) is 215 Å². The van der Waals surface area contributed by atoms with Gasteiger partial charge in [-0.1, -0.05) is 44.2 Å². The largest absolute Gasteiger partial charge is 0.466 e. The van der Waals surface area contributed by atoms with Gasteiger partial charge in [0.25, 0.3) is 0 Å². The van der Waals surface area contributed by atoms with Crippen LogP contribution in [-0.2, 0) is 77.8 Å². The minimum absolute atomic E-state index is 0.00144. The maximum absolute atomic E-state index is 14.2. The molecule has 0 aromatic heterocycles. The van der Waals surface area contributed by atoms with Crippen molar-refractivity contribution in [3.05, 3.63) is 35.9 Å². The van der Waals surface area contributed by atoms with E-state index in [1.165, 1.54) is 26.5 Å². The Bertz CT molecular complexity index is 1860. The van der Waals surface area contributed by atoms with Gasteiger partial charge in [-0.2, -0.15) is 0 Å². The van der Waals surface area contributed by atoms with Crippen molar-refractivity contribution in [1.82, 2.24) is 14.7 Å². The number of unbranched alkanes of at least 4 members (excludes halogenated alkanes) is 1. The molecular weight excluding hydrogens is 923 g/mol. The molecule has 1 amide bonds. The van der Waals surface area contributed by atoms with Gasteiger partial charge in [0.05, 0.1) is 37.4 Å². The first-order valence-electron chi connectivity index (χ1n) is 25.3. The highest BCUT2D eigenvalue weighted by Crippen LogP contribution is 2.41. The highest BCUT2D eigenvalue weighted by atomic mass is 16.7. The fourth-order valence-corrected chi connectivity index (χ4v) is 10.4. The number of aryl methyl sites for hydroxylation is 1. The van der Waals surface area contributed by atoms with Crippen LogP contribution in [0.1, 0.15) is 106 Å². The van der Waals surface area contributed by atoms with Crippen molar-refractivity contribution in [2.24, 2.45) is 17.8 Å². The van der Waals surface area contributed by atoms with Crippen LogP contribution >= 0.6 is 0 Å². The summed E-state index contributed by atoms with van der Waals surface area (Å²) in [5.41, 5.74) is -0.131. The minimum Gasteiger partial charge on any atom is -0.466 e. The molecule has 0 radical (unpaired) electrons. The molecule has 19 heteroatoms. The molecular formula is C52H83N3O16. The molecule has 0 aliphatic carbocycles. The molecule has 0 bridgehead atoms. The Morgan fingerprint density at radius 3 is 2.23 bits per heavy atom. The second-order valence-corrected chi connectivity index (χ2v) is 19.8. The smallest absolute Gasteiger partial charge is 0.315 e. The Labute approximate surface area is 420 Å². The zero-order valence-electron chi connectivity index (χ0n) is 44.2. The molecule has 0 saturated carbocycles. The van der Waals surface area contributed by atoms with Crippen LogP contribution in [0.4, 0.5) is 0 Å². The molecule has 4 rings (SSSR count). The number of aldehydes is 1. The van der Waals surface area contributed by atoms with Crippen molar-refractivity contribution < 1.29 is 76.5 Å². The van der Waals surface area contributed by atoms with Gasteiger partial charge in [0, 0.05) is 66.9 Å². The van der Waals surface area contributed by atoms with E-state index in [9.17, 15) is 33.9 Å². The predicted molar refractivity (Wildman–Crippen MR) is 259 cm³/mol. The van der Waals surface area contributed by atoms with Gasteiger partial charge in [-0.15, -0.1) is 0 Å². The molecule has 19 nitrogen and oxygen atoms in total. The Morgan fingerprint density at radius 1 is 0.915 bits per heavy atom. The van der Waals surface area contributed by atoms with Crippen molar-refractivity contribution in [3.63, 3.8) is 0 Å². The molecule has 0 spiro atoms. The zero-order chi connectivity index (χ0) is 52.6. The molecule has 3 saturated heterocycles. The zero-order valence-corrected chi connectivity index (χ0v) is 44.2. The number of hydrogen-bond acceptors (Lipinski definition) is 18. The second kappa shape index (κ2) is 28.4. The number of amides is 1. The van der Waals surface area contributed by atoms with Crippen molar-refractivity contribution in [1.29, 1.82) is 0 Å². The van der Waals surface area contributed by atoms with E-state index in [0.29, 0.717) is 26.2 Å². The van der Waals surface area contributed by atoms with E-state index in [2.05, 4.69) is 17.0 Å². The molecule has 1 aromatic carbocycles. The maximum Gasteiger partial charge on any atom is 0.315 e. The molecule has 3 fully saturated rings. The summed E-state index contributed by atoms with van der Waals surface area (Å²) in [6, 6.07) is 9.40. The fourth-order valence-electron chi connectivity index (χ4n) is 10.4. The van der Waals surface area contributed by atoms with Crippen molar-refractivity contribution in [2.75, 3.05) is 61.0 Å². The van der Waals surface area contributed by atoms with Crippen LogP contribution in [0.5, 0.6) is 0 Å². The van der Waals surface area contributed by atoms with E-state index in [1.54, 1.807) is 65.6 Å². The van der Waals surface area contributed by atoms with E-state index in [1.807, 2.05) is 25.1 Å². The monoisotopic (exact) mass is 1010 g/mol. The lowest BCUT2D eigenvalue weighted by atomic mass is 9.79. The molecule has 3 heterocycles. The van der Waals surface area contributed by atoms with E-state index in [-0.39, 0.29) is 50.5 Å². The fraction of sp³-hybridized carbons (Fsp3) is 0.769. The van der Waals surface area contributed by atoms with Gasteiger partial charge in [0.15, 0.2) is 12.6 Å². The summed E-state index contributed by atoms with van der Waals surface area (Å²) < 4.78 is 55.7. The number of aliphatic hydroxyl groups is 1. The molecule has 1 aromatic rings. The van der Waals surface area contributed by atoms with Crippen LogP contribution in [0, 0.1) is 17.8 Å². The summed E-state index contributed by atoms with van der Waals surface area (Å²) in [6.45, 7) is 14.9. The lowest BCUT2D eigenvalue weighted by Gasteiger charge is -2.50. The summed E-state index contributed by atoms with van der Waals surface area (Å²) in [5.74, 6) is -4.60. The summed E-state index contributed by atoms with van der Waals surface area (Å²) in [4.78, 5) is 84.0. The standard InChI is InChI=1S/C52H83N3O16/c1-13-42(60)68-39-29-41(59)54(11)25-26-55(24-19-18-22-37-20-16-15-17-21-37)31-40(67-35(6)57)32(3)28-38(23-27-56)48(49(39)63-12)70-51-46(61)45(53(9)10)47(34(5)66-51)69-43-30-52(8,71-36(7)58)44(33(4)65-43)50(62)64-14-2/h15-17,20-21,27,32-34,38-40,43-49,51,61H,13-14,18-19,22-26,28-31H2,1-12H3/t32-,33+,34-,38+,39-,40+,43+,44-,45-,46-,47-,48+,49+,51+,52-/m1/s1. The van der Waals surface area contributed by atoms with Crippen LogP contribution < -0.4 is 0 Å². The van der Waals surface area contributed by atoms with Crippen molar-refractivity contribution in [2.45, 2.75) is 180 Å². The lowest BCUT2D eigenvalue weighted by Crippen LogP contribution is -2.66. The molecule has 0 unspecified atom stereocenters. The highest BCUT2D eigenvalue weighted by molar-refractivity contribution is 5.77. The number of carbonyl (C=O) groups excluding carboxylic acids is 6. The van der Waals surface area contributed by atoms with Crippen LogP contribution in [0.2, 0.25) is 0 Å². The first kappa shape index (κ1) is 59.5. The number of carbonyl (C=O) groups is 6. The number of ether oxygens (including phenoxy) is 9. The van der Waals surface area contributed by atoms with E-state index in [0.717, 1.165) is 25.5 Å². The molecule has 1 N–H and O–H groups in total. The van der Waals surface area contributed by atoms with E-state index in [4.69, 9.17) is 42.6 Å². The second-order valence-electron chi connectivity index (χ2n) is 19.8. The Hall–Kier alpha value is -4.08. The SMILES string of the molecule is CCOC(=O)[C@H]1[C@H](C)O[C@@H](O[C@H]2[C@H](N(C)C)[C@@H](O)[C@H](O[C@H]3[C@@H](CC=O)C[C@@H](C)[C@@H](OC(C)=O)CN(CCCCc4ccccc4)CCN(C)C(=O)C[C@@H](OC(=O)CC)[C@@H]3OC)O[C@@H]2C)C[C@@]1(C)OC(C)=O. The third-order valence-corrected chi connectivity index (χ3v) is 14.0. The first-order valence-corrected chi connectivity index (χ1v) is 25.3. The number of rotatable bonds is 19. The third kappa shape index (κ3) is 17.0. The van der Waals surface area contributed by atoms with E-state index < -0.39 is 109 Å². The first-order chi connectivity index (χ1) is 33.7. The van der Waals surface area contributed by atoms with Gasteiger partial charge in [-0.3, -0.25) is 28.9 Å². The number of methoxy groups -OCH3 is 1. The molecule has 402 valence electrons. The number of benzene rings is 1. The molecule has 71 heavy (non-hydrogen) atoms. The minimum atomic E-state index is -1.44. The van der Waals surface area contributed by atoms with Crippen molar-refractivity contribution in [3.8, 4) is 0 Å². The average Bonchev–Trinajstić information content (AvgIpc) is 3.29. The maximum atomic E-state index is 14.2. The number of likely N-dealkylation sites (N-methyl/N-ethyl adjacent to an activating group) is 2. The number of aliphatic hydroxyl groups excluding tert-OH is 1. The lowest BCUT2D eigenvalue weighted by molar-refractivity contribution is -0.341. The molecule has 3 aliphatic rings. The Balaban J connectivity index is 1.71. The van der Waals surface area contributed by atoms with Crippen LogP contribution in [0.3, 0.4) is 0 Å². The van der Waals surface area contributed by atoms with Crippen LogP contribution in [-0.4, -0.2) is 190 Å². The Morgan fingerprint density at radius 2 is 1.62 bits per heavy atom. The predicted octanol–water partition coefficient (Wildman–Crippen LogP) is 4.12. The summed E-state index contributed by atoms with van der Waals surface area (Å²) in [6.07, 6.45) is -7.26. The Kier molecular flexibility index (Phi) is 23.8. The van der Waals surface area contributed by atoms with Gasteiger partial charge in [-0.25, -0.2) is 0 Å². The van der Waals surface area contributed by atoms with Gasteiger partial charge >= 0.3 is 23.9 Å². The molecule has 15 atom stereocenters. The normalized spacial score (nSPS) is 33.7.